The molecular weight excluding hydrogens is 263 g/mol. The molecule has 0 spiro atoms. The number of benzene rings is 1. The van der Waals surface area contributed by atoms with Crippen LogP contribution in [0.15, 0.2) is 24.3 Å². The predicted molar refractivity (Wildman–Crippen MR) is 63.9 cm³/mol. The van der Waals surface area contributed by atoms with Crippen LogP contribution in [0.25, 0.3) is 0 Å². The molecule has 4 heteroatoms. The Balaban J connectivity index is 2.47. The average molecular weight is 277 g/mol. The normalized spacial score (nSPS) is 12.5. The van der Waals surface area contributed by atoms with Crippen molar-refractivity contribution in [2.45, 2.75) is 20.3 Å². The Labute approximate surface area is 94.3 Å². The second kappa shape index (κ2) is 6.39. The van der Waals surface area contributed by atoms with Crippen LogP contribution in [0.5, 0.6) is 5.75 Å². The summed E-state index contributed by atoms with van der Waals surface area (Å²) in [5.41, 5.74) is 1.12. The second-order valence-corrected chi connectivity index (χ2v) is 5.51. The summed E-state index contributed by atoms with van der Waals surface area (Å²) in [6, 6.07) is 7.91. The van der Waals surface area contributed by atoms with Gasteiger partial charge in [0.1, 0.15) is 5.75 Å². The van der Waals surface area contributed by atoms with E-state index in [4.69, 9.17) is 9.05 Å². The molecule has 1 aromatic carbocycles. The zero-order valence-electron chi connectivity index (χ0n) is 8.37. The van der Waals surface area contributed by atoms with Gasteiger partial charge in [0.2, 0.25) is 0 Å². The van der Waals surface area contributed by atoms with E-state index in [1.165, 1.54) is 0 Å². The van der Waals surface area contributed by atoms with Crippen LogP contribution in [0.1, 0.15) is 18.9 Å². The van der Waals surface area contributed by atoms with Gasteiger partial charge in [0.05, 0.1) is 6.61 Å². The minimum absolute atomic E-state index is 0.725. The summed E-state index contributed by atoms with van der Waals surface area (Å²) in [6.07, 6.45) is 1.00. The Morgan fingerprint density at radius 2 is 2.07 bits per heavy atom. The molecule has 0 saturated carbocycles. The molecule has 0 aliphatic rings. The molecule has 0 fully saturated rings. The van der Waals surface area contributed by atoms with E-state index >= 15 is 0 Å². The minimum atomic E-state index is -0.966. The molecule has 0 N–H and O–H groups in total. The van der Waals surface area contributed by atoms with E-state index in [1.807, 2.05) is 31.2 Å². The van der Waals surface area contributed by atoms with Gasteiger partial charge in [-0.05, 0) is 25.0 Å². The van der Waals surface area contributed by atoms with Gasteiger partial charge in [-0.15, -0.1) is 0 Å². The summed E-state index contributed by atoms with van der Waals surface area (Å²) in [7, 11) is -0.966. The van der Waals surface area contributed by atoms with Crippen LogP contribution in [0.2, 0.25) is 0 Å². The number of hydrogen-bond acceptors (Lipinski definition) is 2. The van der Waals surface area contributed by atoms with Gasteiger partial charge in [-0.2, -0.15) is 0 Å². The van der Waals surface area contributed by atoms with Gasteiger partial charge in [0.15, 0.2) is 0 Å². The maximum atomic E-state index is 5.61. The SMILES string of the molecule is CCCOP(Br)Oc1ccccc1C. The molecule has 14 heavy (non-hydrogen) atoms. The van der Waals surface area contributed by atoms with Crippen molar-refractivity contribution in [3.05, 3.63) is 29.8 Å². The first-order valence-corrected chi connectivity index (χ1v) is 7.76. The monoisotopic (exact) mass is 276 g/mol. The number of hydrogen-bond donors (Lipinski definition) is 0. The lowest BCUT2D eigenvalue weighted by Gasteiger charge is -2.12. The Bertz CT molecular complexity index is 281. The van der Waals surface area contributed by atoms with Crippen LogP contribution in [-0.4, -0.2) is 6.61 Å². The molecule has 1 atom stereocenters. The Morgan fingerprint density at radius 3 is 2.71 bits per heavy atom. The molecule has 0 bridgehead atoms. The summed E-state index contributed by atoms with van der Waals surface area (Å²) in [6.45, 7) is 4.82. The standard InChI is InChI=1S/C10H14BrO2P/c1-3-8-12-14(11)13-10-7-5-4-6-9(10)2/h4-7H,3,8H2,1-2H3. The van der Waals surface area contributed by atoms with Crippen LogP contribution in [0.3, 0.4) is 0 Å². The van der Waals surface area contributed by atoms with Crippen molar-refractivity contribution in [1.82, 2.24) is 0 Å². The number of halogens is 1. The van der Waals surface area contributed by atoms with Crippen LogP contribution < -0.4 is 4.52 Å². The largest absolute Gasteiger partial charge is 0.439 e. The van der Waals surface area contributed by atoms with Gasteiger partial charge >= 0.3 is 7.08 Å². The Hall–Kier alpha value is -0.110. The third-order valence-corrected chi connectivity index (χ3v) is 3.44. The highest BCUT2D eigenvalue weighted by Crippen LogP contribution is 2.47. The fourth-order valence-electron chi connectivity index (χ4n) is 0.926. The first-order chi connectivity index (χ1) is 6.74. The van der Waals surface area contributed by atoms with Crippen LogP contribution in [0, 0.1) is 6.92 Å². The molecule has 0 saturated heterocycles. The summed E-state index contributed by atoms with van der Waals surface area (Å²) in [4.78, 5) is 0. The molecule has 2 nitrogen and oxygen atoms in total. The zero-order valence-corrected chi connectivity index (χ0v) is 10.8. The van der Waals surface area contributed by atoms with Crippen molar-refractivity contribution >= 4 is 22.6 Å². The van der Waals surface area contributed by atoms with Gasteiger partial charge < -0.3 is 9.05 Å². The topological polar surface area (TPSA) is 18.5 Å². The molecule has 78 valence electrons. The highest BCUT2D eigenvalue weighted by Gasteiger charge is 2.08. The highest BCUT2D eigenvalue weighted by atomic mass is 79.9. The first-order valence-electron chi connectivity index (χ1n) is 4.56. The number of rotatable bonds is 5. The van der Waals surface area contributed by atoms with Crippen molar-refractivity contribution in [3.8, 4) is 5.75 Å². The summed E-state index contributed by atoms with van der Waals surface area (Å²) in [5.74, 6) is 0.881. The van der Waals surface area contributed by atoms with Crippen LogP contribution >= 0.6 is 22.6 Å². The van der Waals surface area contributed by atoms with Gasteiger partial charge in [-0.3, -0.25) is 0 Å². The van der Waals surface area contributed by atoms with Crippen molar-refractivity contribution in [1.29, 1.82) is 0 Å². The maximum Gasteiger partial charge on any atom is 0.307 e. The van der Waals surface area contributed by atoms with E-state index < -0.39 is 7.08 Å². The molecule has 1 rings (SSSR count). The van der Waals surface area contributed by atoms with Crippen LogP contribution in [-0.2, 0) is 4.52 Å². The van der Waals surface area contributed by atoms with Gasteiger partial charge in [0, 0.05) is 15.5 Å². The van der Waals surface area contributed by atoms with Crippen molar-refractivity contribution in [2.24, 2.45) is 0 Å². The molecule has 0 aliphatic heterocycles. The van der Waals surface area contributed by atoms with E-state index in [1.54, 1.807) is 0 Å². The maximum absolute atomic E-state index is 5.61. The Morgan fingerprint density at radius 1 is 1.36 bits per heavy atom. The minimum Gasteiger partial charge on any atom is -0.439 e. The number of para-hydroxylation sites is 1. The van der Waals surface area contributed by atoms with E-state index in [0.29, 0.717) is 0 Å². The lowest BCUT2D eigenvalue weighted by molar-refractivity contribution is 0.326. The fraction of sp³-hybridized carbons (Fsp3) is 0.400. The van der Waals surface area contributed by atoms with Crippen LogP contribution in [0.4, 0.5) is 0 Å². The predicted octanol–water partition coefficient (Wildman–Crippen LogP) is 4.42. The van der Waals surface area contributed by atoms with E-state index in [-0.39, 0.29) is 0 Å². The first kappa shape index (κ1) is 12.0. The van der Waals surface area contributed by atoms with Crippen molar-refractivity contribution in [2.75, 3.05) is 6.61 Å². The summed E-state index contributed by atoms with van der Waals surface area (Å²) >= 11 is 3.37. The molecule has 0 aromatic heterocycles. The third kappa shape index (κ3) is 3.95. The molecule has 1 unspecified atom stereocenters. The van der Waals surface area contributed by atoms with Crippen molar-refractivity contribution < 1.29 is 9.05 Å². The average Bonchev–Trinajstić information content (AvgIpc) is 2.18. The van der Waals surface area contributed by atoms with E-state index in [0.717, 1.165) is 24.3 Å². The third-order valence-electron chi connectivity index (χ3n) is 1.66. The molecule has 0 amide bonds. The molecule has 1 aromatic rings. The lowest BCUT2D eigenvalue weighted by atomic mass is 10.2. The van der Waals surface area contributed by atoms with Gasteiger partial charge in [-0.1, -0.05) is 25.1 Å². The quantitative estimate of drug-likeness (QED) is 0.741. The smallest absolute Gasteiger partial charge is 0.307 e. The van der Waals surface area contributed by atoms with Gasteiger partial charge in [0.25, 0.3) is 0 Å². The lowest BCUT2D eigenvalue weighted by Crippen LogP contribution is -1.90. The summed E-state index contributed by atoms with van der Waals surface area (Å²) < 4.78 is 11.0. The molecular formula is C10H14BrO2P. The molecule has 0 aliphatic carbocycles. The summed E-state index contributed by atoms with van der Waals surface area (Å²) in [5, 5.41) is 0. The highest BCUT2D eigenvalue weighted by molar-refractivity contribution is 9.38. The zero-order chi connectivity index (χ0) is 10.4. The fourth-order valence-corrected chi connectivity index (χ4v) is 2.57. The number of aryl methyl sites for hydroxylation is 1. The Kier molecular flexibility index (Phi) is 5.46. The second-order valence-electron chi connectivity index (χ2n) is 2.90. The van der Waals surface area contributed by atoms with E-state index in [9.17, 15) is 0 Å². The van der Waals surface area contributed by atoms with E-state index in [2.05, 4.69) is 22.4 Å². The van der Waals surface area contributed by atoms with Gasteiger partial charge in [-0.25, -0.2) is 0 Å². The molecule has 0 heterocycles. The van der Waals surface area contributed by atoms with Crippen molar-refractivity contribution in [3.63, 3.8) is 0 Å². The molecule has 0 radical (unpaired) electrons.